The van der Waals surface area contributed by atoms with Gasteiger partial charge in [-0.25, -0.2) is 19.3 Å². The molecular weight excluding hydrogens is 463 g/mol. The fourth-order valence-corrected chi connectivity index (χ4v) is 4.02. The fourth-order valence-electron chi connectivity index (χ4n) is 4.02. The van der Waals surface area contributed by atoms with Crippen LogP contribution in [0.2, 0.25) is 0 Å². The highest BCUT2D eigenvalue weighted by atomic mass is 19.1. The predicted octanol–water partition coefficient (Wildman–Crippen LogP) is 3.96. The minimum absolute atomic E-state index is 0.125. The topological polar surface area (TPSA) is 142 Å². The number of carbonyl (C=O) groups is 1. The molecule has 11 heteroatoms. The molecule has 1 aliphatic rings. The number of nitrogens with zero attached hydrogens (tertiary/aromatic N) is 4. The SMILES string of the molecule is C=CC(=O)N1CCC(C(=N)c2c(N)ncnc2Nc2ccc(Oc3ccnc(NC)c3)cc2F)CC1. The molecule has 0 aliphatic carbocycles. The number of benzene rings is 1. The highest BCUT2D eigenvalue weighted by Gasteiger charge is 2.28. The largest absolute Gasteiger partial charge is 0.457 e. The Hall–Kier alpha value is -4.54. The standard InChI is InChI=1S/C25H27FN8O2/c1-3-21(35)34-10-7-15(8-11-34)23(27)22-24(28)31-14-32-25(22)33-19-5-4-16(12-18(19)26)36-17-6-9-30-20(13-17)29-2/h3-6,9,12-15,27H,1,7-8,10-11H2,2H3,(H,29,30)(H3,28,31,32,33). The first-order valence-electron chi connectivity index (χ1n) is 11.4. The fraction of sp³-hybridized carbons (Fsp3) is 0.240. The molecule has 5 N–H and O–H groups in total. The molecule has 1 aromatic carbocycles. The molecule has 2 aromatic heterocycles. The molecule has 1 saturated heterocycles. The number of nitrogen functional groups attached to an aromatic ring is 1. The van der Waals surface area contributed by atoms with Crippen molar-refractivity contribution in [2.45, 2.75) is 12.8 Å². The maximum Gasteiger partial charge on any atom is 0.245 e. The highest BCUT2D eigenvalue weighted by molar-refractivity contribution is 6.07. The Balaban J connectivity index is 1.51. The van der Waals surface area contributed by atoms with Gasteiger partial charge in [-0.3, -0.25) is 4.79 Å². The third-order valence-corrected chi connectivity index (χ3v) is 5.95. The summed E-state index contributed by atoms with van der Waals surface area (Å²) >= 11 is 0. The molecule has 0 atom stereocenters. The van der Waals surface area contributed by atoms with Gasteiger partial charge in [0, 0.05) is 50.1 Å². The number of nitrogens with one attached hydrogen (secondary N) is 3. The number of ether oxygens (including phenoxy) is 1. The molecule has 36 heavy (non-hydrogen) atoms. The molecule has 0 bridgehead atoms. The molecule has 1 aliphatic heterocycles. The van der Waals surface area contributed by atoms with E-state index in [1.165, 1.54) is 24.5 Å². The van der Waals surface area contributed by atoms with Gasteiger partial charge in [-0.1, -0.05) is 6.58 Å². The summed E-state index contributed by atoms with van der Waals surface area (Å²) in [5.41, 5.74) is 6.83. The lowest BCUT2D eigenvalue weighted by Crippen LogP contribution is -2.39. The Kier molecular flexibility index (Phi) is 7.38. The van der Waals surface area contributed by atoms with Crippen molar-refractivity contribution in [2.75, 3.05) is 36.5 Å². The summed E-state index contributed by atoms with van der Waals surface area (Å²) in [6.45, 7) is 4.55. The van der Waals surface area contributed by atoms with E-state index in [4.69, 9.17) is 15.9 Å². The maximum absolute atomic E-state index is 15.0. The first-order chi connectivity index (χ1) is 17.4. The van der Waals surface area contributed by atoms with Crippen LogP contribution in [-0.2, 0) is 4.79 Å². The highest BCUT2D eigenvalue weighted by Crippen LogP contribution is 2.31. The number of anilines is 4. The second-order valence-corrected chi connectivity index (χ2v) is 8.20. The van der Waals surface area contributed by atoms with E-state index in [2.05, 4.69) is 32.2 Å². The smallest absolute Gasteiger partial charge is 0.245 e. The van der Waals surface area contributed by atoms with Gasteiger partial charge in [0.15, 0.2) is 0 Å². The molecule has 1 fully saturated rings. The number of amides is 1. The molecule has 4 rings (SSSR count). The molecule has 3 heterocycles. The quantitative estimate of drug-likeness (QED) is 0.275. The summed E-state index contributed by atoms with van der Waals surface area (Å²) in [6, 6.07) is 7.76. The summed E-state index contributed by atoms with van der Waals surface area (Å²) in [6.07, 6.45) is 5.33. The van der Waals surface area contributed by atoms with E-state index in [1.807, 2.05) is 0 Å². The third-order valence-electron chi connectivity index (χ3n) is 5.95. The number of hydrogen-bond acceptors (Lipinski definition) is 9. The minimum Gasteiger partial charge on any atom is -0.457 e. The summed E-state index contributed by atoms with van der Waals surface area (Å²) < 4.78 is 20.7. The van der Waals surface area contributed by atoms with Crippen molar-refractivity contribution in [3.8, 4) is 11.5 Å². The van der Waals surface area contributed by atoms with Crippen LogP contribution in [0.25, 0.3) is 0 Å². The molecule has 0 spiro atoms. The van der Waals surface area contributed by atoms with Crippen LogP contribution in [0.1, 0.15) is 18.4 Å². The Morgan fingerprint density at radius 1 is 1.22 bits per heavy atom. The van der Waals surface area contributed by atoms with Crippen molar-refractivity contribution in [1.29, 1.82) is 5.41 Å². The van der Waals surface area contributed by atoms with Gasteiger partial charge in [0.1, 0.15) is 41.1 Å². The van der Waals surface area contributed by atoms with Crippen LogP contribution in [0.5, 0.6) is 11.5 Å². The number of hydrogen-bond donors (Lipinski definition) is 4. The Morgan fingerprint density at radius 2 is 1.97 bits per heavy atom. The number of rotatable bonds is 8. The third kappa shape index (κ3) is 5.40. The lowest BCUT2D eigenvalue weighted by molar-refractivity contribution is -0.127. The zero-order valence-corrected chi connectivity index (χ0v) is 19.8. The van der Waals surface area contributed by atoms with Crippen molar-refractivity contribution in [3.05, 3.63) is 66.9 Å². The van der Waals surface area contributed by atoms with E-state index in [9.17, 15) is 9.18 Å². The van der Waals surface area contributed by atoms with Gasteiger partial charge in [0.2, 0.25) is 5.91 Å². The number of piperidine rings is 1. The monoisotopic (exact) mass is 490 g/mol. The molecular formula is C25H27FN8O2. The van der Waals surface area contributed by atoms with E-state index in [1.54, 1.807) is 36.3 Å². The molecule has 10 nitrogen and oxygen atoms in total. The van der Waals surface area contributed by atoms with Crippen molar-refractivity contribution in [3.63, 3.8) is 0 Å². The van der Waals surface area contributed by atoms with Crippen LogP contribution in [0.15, 0.2) is 55.5 Å². The maximum atomic E-state index is 15.0. The average molecular weight is 491 g/mol. The van der Waals surface area contributed by atoms with Crippen LogP contribution in [0.4, 0.5) is 27.5 Å². The van der Waals surface area contributed by atoms with E-state index in [0.717, 1.165) is 0 Å². The van der Waals surface area contributed by atoms with Crippen molar-refractivity contribution in [1.82, 2.24) is 19.9 Å². The number of nitrogens with two attached hydrogens (primary N) is 1. The number of carbonyl (C=O) groups excluding carboxylic acids is 1. The average Bonchev–Trinajstić information content (AvgIpc) is 2.89. The molecule has 3 aromatic rings. The van der Waals surface area contributed by atoms with Crippen LogP contribution in [-0.4, -0.2) is 51.6 Å². The predicted molar refractivity (Wildman–Crippen MR) is 136 cm³/mol. The van der Waals surface area contributed by atoms with Crippen molar-refractivity contribution >= 4 is 34.8 Å². The van der Waals surface area contributed by atoms with Crippen LogP contribution in [0, 0.1) is 17.1 Å². The summed E-state index contributed by atoms with van der Waals surface area (Å²) in [5.74, 6) is 0.965. The van der Waals surface area contributed by atoms with Crippen molar-refractivity contribution in [2.24, 2.45) is 5.92 Å². The number of likely N-dealkylation sites (tertiary alicyclic amines) is 1. The van der Waals surface area contributed by atoms with Gasteiger partial charge in [-0.05, 0) is 37.1 Å². The normalized spacial score (nSPS) is 13.7. The first kappa shape index (κ1) is 24.6. The molecule has 0 unspecified atom stereocenters. The Morgan fingerprint density at radius 3 is 2.67 bits per heavy atom. The zero-order valence-electron chi connectivity index (χ0n) is 19.8. The van der Waals surface area contributed by atoms with Crippen LogP contribution in [0.3, 0.4) is 0 Å². The second-order valence-electron chi connectivity index (χ2n) is 8.20. The summed E-state index contributed by atoms with van der Waals surface area (Å²) in [5, 5.41) is 14.7. The number of halogens is 1. The summed E-state index contributed by atoms with van der Waals surface area (Å²) in [7, 11) is 1.74. The van der Waals surface area contributed by atoms with Crippen LogP contribution >= 0.6 is 0 Å². The Labute approximate surface area is 207 Å². The summed E-state index contributed by atoms with van der Waals surface area (Å²) in [4.78, 5) is 25.9. The zero-order chi connectivity index (χ0) is 25.7. The van der Waals surface area contributed by atoms with E-state index in [0.29, 0.717) is 48.8 Å². The van der Waals surface area contributed by atoms with E-state index in [-0.39, 0.29) is 34.9 Å². The molecule has 0 radical (unpaired) electrons. The number of pyridine rings is 1. The minimum atomic E-state index is -0.568. The first-order valence-corrected chi connectivity index (χ1v) is 11.4. The lowest BCUT2D eigenvalue weighted by atomic mass is 9.88. The van der Waals surface area contributed by atoms with Gasteiger partial charge in [0.05, 0.1) is 11.3 Å². The molecule has 186 valence electrons. The van der Waals surface area contributed by atoms with Crippen LogP contribution < -0.4 is 21.1 Å². The Bertz CT molecular complexity index is 1290. The van der Waals surface area contributed by atoms with Crippen molar-refractivity contribution < 1.29 is 13.9 Å². The van der Waals surface area contributed by atoms with Gasteiger partial charge < -0.3 is 31.4 Å². The van der Waals surface area contributed by atoms with Gasteiger partial charge in [-0.15, -0.1) is 0 Å². The lowest BCUT2D eigenvalue weighted by Gasteiger charge is -2.32. The van der Waals surface area contributed by atoms with E-state index >= 15 is 0 Å². The number of aromatic nitrogens is 3. The molecule has 1 amide bonds. The molecule has 0 saturated carbocycles. The van der Waals surface area contributed by atoms with Gasteiger partial charge in [0.25, 0.3) is 0 Å². The van der Waals surface area contributed by atoms with Gasteiger partial charge in [-0.2, -0.15) is 0 Å². The van der Waals surface area contributed by atoms with Gasteiger partial charge >= 0.3 is 0 Å². The van der Waals surface area contributed by atoms with E-state index < -0.39 is 5.82 Å². The second kappa shape index (κ2) is 10.8.